The van der Waals surface area contributed by atoms with Gasteiger partial charge in [0.05, 0.1) is 25.0 Å². The van der Waals surface area contributed by atoms with E-state index in [1.165, 1.54) is 18.4 Å². The Hall–Kier alpha value is -2.75. The number of amides is 1. The molecule has 0 unspecified atom stereocenters. The van der Waals surface area contributed by atoms with Crippen molar-refractivity contribution in [3.63, 3.8) is 0 Å². The lowest BCUT2D eigenvalue weighted by atomic mass is 10.3. The van der Waals surface area contributed by atoms with Gasteiger partial charge in [-0.15, -0.1) is 11.3 Å². The van der Waals surface area contributed by atoms with Crippen molar-refractivity contribution in [3.8, 4) is 0 Å². The summed E-state index contributed by atoms with van der Waals surface area (Å²) < 4.78 is 6.77. The zero-order valence-corrected chi connectivity index (χ0v) is 17.0. The number of piperazine rings is 1. The van der Waals surface area contributed by atoms with Crippen molar-refractivity contribution in [2.75, 3.05) is 45.2 Å². The third-order valence-corrected chi connectivity index (χ3v) is 5.84. The largest absolute Gasteiger partial charge is 0.465 e. The number of nitrogens with zero attached hydrogens (tertiary/aromatic N) is 4. The van der Waals surface area contributed by atoms with Crippen LogP contribution in [-0.2, 0) is 16.1 Å². The van der Waals surface area contributed by atoms with Crippen LogP contribution in [0.15, 0.2) is 42.0 Å². The summed E-state index contributed by atoms with van der Waals surface area (Å²) in [5, 5.41) is 4.59. The van der Waals surface area contributed by atoms with Crippen LogP contribution >= 0.6 is 11.3 Å². The van der Waals surface area contributed by atoms with Crippen molar-refractivity contribution < 1.29 is 14.3 Å². The Labute approximate surface area is 172 Å². The van der Waals surface area contributed by atoms with Crippen molar-refractivity contribution in [1.29, 1.82) is 0 Å². The van der Waals surface area contributed by atoms with E-state index in [-0.39, 0.29) is 5.91 Å². The number of hydrogen-bond acceptors (Lipinski definition) is 7. The first kappa shape index (κ1) is 19.6. The molecule has 1 aliphatic rings. The molecule has 1 N–H and O–H groups in total. The second-order valence-corrected chi connectivity index (χ2v) is 7.87. The summed E-state index contributed by atoms with van der Waals surface area (Å²) >= 11 is 1.26. The molecule has 9 heteroatoms. The van der Waals surface area contributed by atoms with Crippen molar-refractivity contribution in [2.45, 2.75) is 6.54 Å². The number of anilines is 1. The van der Waals surface area contributed by atoms with E-state index in [1.54, 1.807) is 11.4 Å². The maximum absolute atomic E-state index is 12.4. The van der Waals surface area contributed by atoms with Crippen molar-refractivity contribution in [1.82, 2.24) is 19.2 Å². The van der Waals surface area contributed by atoms with Crippen molar-refractivity contribution in [3.05, 3.63) is 52.6 Å². The van der Waals surface area contributed by atoms with Crippen LogP contribution in [0.25, 0.3) is 5.65 Å². The molecule has 3 aromatic rings. The Balaban J connectivity index is 1.26. The van der Waals surface area contributed by atoms with Gasteiger partial charge in [-0.3, -0.25) is 14.6 Å². The lowest BCUT2D eigenvalue weighted by molar-refractivity contribution is -0.117. The number of imidazole rings is 1. The summed E-state index contributed by atoms with van der Waals surface area (Å²) in [5.74, 6) is -0.557. The second-order valence-electron chi connectivity index (χ2n) is 6.95. The van der Waals surface area contributed by atoms with Gasteiger partial charge in [0.25, 0.3) is 0 Å². The monoisotopic (exact) mass is 413 g/mol. The molecule has 1 saturated heterocycles. The first-order valence-electron chi connectivity index (χ1n) is 9.45. The van der Waals surface area contributed by atoms with Crippen LogP contribution in [0, 0.1) is 0 Å². The number of methoxy groups -OCH3 is 1. The van der Waals surface area contributed by atoms with Gasteiger partial charge in [-0.25, -0.2) is 9.78 Å². The number of carbonyl (C=O) groups is 2. The van der Waals surface area contributed by atoms with Gasteiger partial charge in [0, 0.05) is 45.1 Å². The molecule has 0 spiro atoms. The van der Waals surface area contributed by atoms with Crippen LogP contribution in [0.4, 0.5) is 5.69 Å². The Morgan fingerprint density at radius 2 is 1.97 bits per heavy atom. The highest BCUT2D eigenvalue weighted by molar-refractivity contribution is 7.12. The van der Waals surface area contributed by atoms with E-state index in [9.17, 15) is 9.59 Å². The minimum atomic E-state index is -0.434. The van der Waals surface area contributed by atoms with E-state index >= 15 is 0 Å². The third-order valence-electron chi connectivity index (χ3n) is 4.94. The van der Waals surface area contributed by atoms with Crippen LogP contribution in [0.5, 0.6) is 0 Å². The number of nitrogens with one attached hydrogen (secondary N) is 1. The molecule has 0 saturated carbocycles. The molecule has 1 amide bonds. The predicted octanol–water partition coefficient (Wildman–Crippen LogP) is 1.94. The Morgan fingerprint density at radius 3 is 2.72 bits per heavy atom. The zero-order valence-electron chi connectivity index (χ0n) is 16.2. The molecule has 29 heavy (non-hydrogen) atoms. The van der Waals surface area contributed by atoms with E-state index < -0.39 is 5.97 Å². The number of rotatable bonds is 6. The molecule has 1 fully saturated rings. The Morgan fingerprint density at radius 1 is 1.17 bits per heavy atom. The molecule has 0 atom stereocenters. The normalized spacial score (nSPS) is 15.5. The molecule has 0 aliphatic carbocycles. The van der Waals surface area contributed by atoms with E-state index in [4.69, 9.17) is 4.74 Å². The van der Waals surface area contributed by atoms with Crippen LogP contribution in [-0.4, -0.2) is 70.9 Å². The molecule has 152 valence electrons. The number of aromatic nitrogens is 2. The fourth-order valence-electron chi connectivity index (χ4n) is 3.45. The molecule has 0 radical (unpaired) electrons. The quantitative estimate of drug-likeness (QED) is 0.622. The number of thiophene rings is 1. The summed E-state index contributed by atoms with van der Waals surface area (Å²) in [5.41, 5.74) is 2.52. The number of hydrogen-bond donors (Lipinski definition) is 1. The van der Waals surface area contributed by atoms with Gasteiger partial charge in [-0.2, -0.15) is 0 Å². The third kappa shape index (κ3) is 4.64. The molecule has 0 aromatic carbocycles. The van der Waals surface area contributed by atoms with Gasteiger partial charge in [-0.1, -0.05) is 6.07 Å². The number of esters is 1. The SMILES string of the molecule is COC(=O)c1sccc1NC(=O)CN1CCN(Cc2cn3ccccc3n2)CC1. The minimum Gasteiger partial charge on any atom is -0.465 e. The van der Waals surface area contributed by atoms with E-state index in [1.807, 2.05) is 28.8 Å². The second kappa shape index (κ2) is 8.73. The summed E-state index contributed by atoms with van der Waals surface area (Å²) in [6.45, 7) is 4.50. The average Bonchev–Trinajstić information content (AvgIpc) is 3.35. The highest BCUT2D eigenvalue weighted by Crippen LogP contribution is 2.23. The first-order valence-corrected chi connectivity index (χ1v) is 10.3. The number of pyridine rings is 1. The highest BCUT2D eigenvalue weighted by Gasteiger charge is 2.21. The molecule has 4 heterocycles. The summed E-state index contributed by atoms with van der Waals surface area (Å²) in [4.78, 5) is 33.7. The number of carbonyl (C=O) groups excluding carboxylic acids is 2. The molecular formula is C20H23N5O3S. The minimum absolute atomic E-state index is 0.123. The van der Waals surface area contributed by atoms with Crippen molar-refractivity contribution in [2.24, 2.45) is 0 Å². The lowest BCUT2D eigenvalue weighted by Gasteiger charge is -2.33. The lowest BCUT2D eigenvalue weighted by Crippen LogP contribution is -2.48. The fraction of sp³-hybridized carbons (Fsp3) is 0.350. The predicted molar refractivity (Wildman–Crippen MR) is 111 cm³/mol. The topological polar surface area (TPSA) is 79.2 Å². The maximum atomic E-state index is 12.4. The average molecular weight is 414 g/mol. The molecule has 1 aliphatic heterocycles. The fourth-order valence-corrected chi connectivity index (χ4v) is 4.22. The number of fused-ring (bicyclic) bond motifs is 1. The van der Waals surface area contributed by atoms with E-state index in [0.29, 0.717) is 17.1 Å². The molecular weight excluding hydrogens is 390 g/mol. The van der Waals surface area contributed by atoms with Crippen molar-refractivity contribution >= 4 is 34.5 Å². The van der Waals surface area contributed by atoms with Crippen LogP contribution in [0.3, 0.4) is 0 Å². The van der Waals surface area contributed by atoms with Gasteiger partial charge in [0.2, 0.25) is 5.91 Å². The standard InChI is InChI=1S/C20H23N5O3S/c1-28-20(27)19-16(5-11-29-19)22-18(26)14-24-9-7-23(8-10-24)12-15-13-25-6-3-2-4-17(25)21-15/h2-6,11,13H,7-10,12,14H2,1H3,(H,22,26). The highest BCUT2D eigenvalue weighted by atomic mass is 32.1. The van der Waals surface area contributed by atoms with Crippen LogP contribution in [0.1, 0.15) is 15.4 Å². The first-order chi connectivity index (χ1) is 14.1. The van der Waals surface area contributed by atoms with Gasteiger partial charge < -0.3 is 14.5 Å². The smallest absolute Gasteiger partial charge is 0.350 e. The number of ether oxygens (including phenoxy) is 1. The molecule has 0 bridgehead atoms. The van der Waals surface area contributed by atoms with E-state index in [2.05, 4.69) is 26.3 Å². The van der Waals surface area contributed by atoms with Gasteiger partial charge >= 0.3 is 5.97 Å². The van der Waals surface area contributed by atoms with Crippen LogP contribution < -0.4 is 5.32 Å². The molecule has 3 aromatic heterocycles. The van der Waals surface area contributed by atoms with Gasteiger partial charge in [0.1, 0.15) is 10.5 Å². The van der Waals surface area contributed by atoms with Gasteiger partial charge in [-0.05, 0) is 23.6 Å². The van der Waals surface area contributed by atoms with Crippen LogP contribution in [0.2, 0.25) is 0 Å². The molecule has 8 nitrogen and oxygen atoms in total. The zero-order chi connectivity index (χ0) is 20.2. The summed E-state index contributed by atoms with van der Waals surface area (Å²) in [7, 11) is 1.33. The Kier molecular flexibility index (Phi) is 5.89. The summed E-state index contributed by atoms with van der Waals surface area (Å²) in [6.07, 6.45) is 4.07. The maximum Gasteiger partial charge on any atom is 0.350 e. The summed E-state index contributed by atoms with van der Waals surface area (Å²) in [6, 6.07) is 7.70. The van der Waals surface area contributed by atoms with Gasteiger partial charge in [0.15, 0.2) is 0 Å². The van der Waals surface area contributed by atoms with E-state index in [0.717, 1.165) is 44.1 Å². The molecule has 4 rings (SSSR count). The Bertz CT molecular complexity index is 973.